The fourth-order valence-corrected chi connectivity index (χ4v) is 8.84. The van der Waals surface area contributed by atoms with Gasteiger partial charge in [-0.25, -0.2) is 0 Å². The minimum absolute atomic E-state index is 0.531. The molecule has 0 amide bonds. The Balaban J connectivity index is 1.48. The number of allylic oxidation sites excluding steroid dienone is 2. The van der Waals surface area contributed by atoms with Crippen LogP contribution in [0.25, 0.3) is 0 Å². The van der Waals surface area contributed by atoms with Gasteiger partial charge in [0.05, 0.1) is 0 Å². The summed E-state index contributed by atoms with van der Waals surface area (Å²) in [6, 6.07) is 0. The lowest BCUT2D eigenvalue weighted by molar-refractivity contribution is -0.0845. The summed E-state index contributed by atoms with van der Waals surface area (Å²) in [5.41, 5.74) is 1.18. The van der Waals surface area contributed by atoms with E-state index in [9.17, 15) is 0 Å². The van der Waals surface area contributed by atoms with Crippen LogP contribution in [0.5, 0.6) is 0 Å². The van der Waals surface area contributed by atoms with Crippen LogP contribution in [-0.4, -0.2) is 0 Å². The molecule has 0 aromatic carbocycles. The molecule has 0 N–H and O–H groups in total. The second-order valence-electron chi connectivity index (χ2n) is 12.0. The molecule has 0 bridgehead atoms. The monoisotopic (exact) mass is 370 g/mol. The molecule has 3 saturated carbocycles. The van der Waals surface area contributed by atoms with Crippen molar-refractivity contribution in [2.75, 3.05) is 0 Å². The smallest absolute Gasteiger partial charge is 0.00872 e. The maximum Gasteiger partial charge on any atom is -0.00872 e. The van der Waals surface area contributed by atoms with Gasteiger partial charge in [-0.15, -0.1) is 0 Å². The molecule has 0 unspecified atom stereocenters. The van der Waals surface area contributed by atoms with Crippen LogP contribution in [0.4, 0.5) is 0 Å². The van der Waals surface area contributed by atoms with Gasteiger partial charge >= 0.3 is 0 Å². The van der Waals surface area contributed by atoms with Gasteiger partial charge in [0.2, 0.25) is 0 Å². The molecule has 3 fully saturated rings. The van der Waals surface area contributed by atoms with E-state index in [2.05, 4.69) is 46.8 Å². The predicted molar refractivity (Wildman–Crippen MR) is 118 cm³/mol. The molecule has 0 aromatic rings. The van der Waals surface area contributed by atoms with Gasteiger partial charge in [-0.1, -0.05) is 66.0 Å². The van der Waals surface area contributed by atoms with E-state index in [-0.39, 0.29) is 0 Å². The second kappa shape index (κ2) is 7.53. The molecule has 4 aliphatic rings. The third-order valence-electron chi connectivity index (χ3n) is 10.3. The molecule has 27 heavy (non-hydrogen) atoms. The van der Waals surface area contributed by atoms with Crippen LogP contribution >= 0.6 is 0 Å². The topological polar surface area (TPSA) is 0 Å². The van der Waals surface area contributed by atoms with Gasteiger partial charge in [-0.3, -0.25) is 0 Å². The summed E-state index contributed by atoms with van der Waals surface area (Å²) < 4.78 is 0. The highest BCUT2D eigenvalue weighted by Gasteiger charge is 2.59. The fraction of sp³-hybridized carbons (Fsp3) is 0.926. The van der Waals surface area contributed by atoms with Crippen LogP contribution in [0.15, 0.2) is 12.2 Å². The van der Waals surface area contributed by atoms with Crippen molar-refractivity contribution >= 4 is 0 Å². The average Bonchev–Trinajstić information content (AvgIpc) is 2.98. The van der Waals surface area contributed by atoms with Crippen molar-refractivity contribution in [1.29, 1.82) is 0 Å². The lowest BCUT2D eigenvalue weighted by atomic mass is 9.45. The Bertz CT molecular complexity index is 544. The van der Waals surface area contributed by atoms with E-state index >= 15 is 0 Å². The first-order valence-corrected chi connectivity index (χ1v) is 12.5. The van der Waals surface area contributed by atoms with Crippen molar-refractivity contribution in [3.8, 4) is 0 Å². The maximum absolute atomic E-state index is 2.73. The largest absolute Gasteiger partial charge is 0.0880 e. The first-order valence-electron chi connectivity index (χ1n) is 12.5. The third-order valence-corrected chi connectivity index (χ3v) is 10.3. The zero-order chi connectivity index (χ0) is 19.2. The van der Waals surface area contributed by atoms with Crippen LogP contribution in [0.1, 0.15) is 105 Å². The third kappa shape index (κ3) is 3.36. The average molecular weight is 371 g/mol. The summed E-state index contributed by atoms with van der Waals surface area (Å²) in [6.45, 7) is 12.8. The van der Waals surface area contributed by atoms with E-state index < -0.39 is 0 Å². The van der Waals surface area contributed by atoms with Crippen molar-refractivity contribution in [3.05, 3.63) is 12.2 Å². The molecule has 4 aliphatic carbocycles. The Hall–Kier alpha value is -0.260. The molecular weight excluding hydrogens is 324 g/mol. The first-order chi connectivity index (χ1) is 12.9. The molecular formula is C27H46. The SMILES string of the molecule is CC(C)CCC[C@H](C)[C@H]1CC[C@H]2[C@@H]3CC[C@@H]4CCC=C[C@]4(C)[C@H]3CC[C@]12C. The summed E-state index contributed by atoms with van der Waals surface area (Å²) >= 11 is 0. The van der Waals surface area contributed by atoms with Crippen LogP contribution < -0.4 is 0 Å². The number of hydrogen-bond donors (Lipinski definition) is 0. The highest BCUT2D eigenvalue weighted by Crippen LogP contribution is 2.67. The molecule has 0 aliphatic heterocycles. The van der Waals surface area contributed by atoms with E-state index in [0.29, 0.717) is 10.8 Å². The van der Waals surface area contributed by atoms with E-state index in [1.165, 1.54) is 57.8 Å². The van der Waals surface area contributed by atoms with Crippen molar-refractivity contribution in [2.24, 2.45) is 52.3 Å². The second-order valence-corrected chi connectivity index (χ2v) is 12.0. The number of rotatable bonds is 5. The van der Waals surface area contributed by atoms with E-state index in [4.69, 9.17) is 0 Å². The summed E-state index contributed by atoms with van der Waals surface area (Å²) in [5, 5.41) is 0. The Morgan fingerprint density at radius 1 is 0.889 bits per heavy atom. The highest BCUT2D eigenvalue weighted by molar-refractivity contribution is 5.15. The first kappa shape index (κ1) is 20.0. The van der Waals surface area contributed by atoms with E-state index in [0.717, 1.165) is 41.4 Å². The summed E-state index contributed by atoms with van der Waals surface area (Å²) in [7, 11) is 0. The van der Waals surface area contributed by atoms with Gasteiger partial charge in [0, 0.05) is 0 Å². The minimum atomic E-state index is 0.531. The van der Waals surface area contributed by atoms with Crippen LogP contribution in [0, 0.1) is 52.3 Å². The van der Waals surface area contributed by atoms with Gasteiger partial charge in [-0.05, 0) is 104 Å². The molecule has 0 nitrogen and oxygen atoms in total. The highest BCUT2D eigenvalue weighted by atomic mass is 14.6. The molecule has 4 rings (SSSR count). The van der Waals surface area contributed by atoms with Crippen LogP contribution in [-0.2, 0) is 0 Å². The molecule has 8 atom stereocenters. The Labute approximate surface area is 170 Å². The number of hydrogen-bond acceptors (Lipinski definition) is 0. The zero-order valence-corrected chi connectivity index (χ0v) is 19.0. The van der Waals surface area contributed by atoms with Gasteiger partial charge in [-0.2, -0.15) is 0 Å². The van der Waals surface area contributed by atoms with E-state index in [1.54, 1.807) is 12.8 Å². The lowest BCUT2D eigenvalue weighted by Crippen LogP contribution is -2.52. The molecule has 0 spiro atoms. The van der Waals surface area contributed by atoms with Crippen LogP contribution in [0.3, 0.4) is 0 Å². The van der Waals surface area contributed by atoms with Gasteiger partial charge in [0.25, 0.3) is 0 Å². The van der Waals surface area contributed by atoms with Gasteiger partial charge < -0.3 is 0 Å². The predicted octanol–water partition coefficient (Wildman–Crippen LogP) is 8.27. The van der Waals surface area contributed by atoms with Gasteiger partial charge in [0.15, 0.2) is 0 Å². The molecule has 0 radical (unpaired) electrons. The zero-order valence-electron chi connectivity index (χ0n) is 19.0. The molecule has 154 valence electrons. The molecule has 0 aromatic heterocycles. The van der Waals surface area contributed by atoms with Crippen LogP contribution in [0.2, 0.25) is 0 Å². The van der Waals surface area contributed by atoms with Crippen molar-refractivity contribution in [1.82, 2.24) is 0 Å². The minimum Gasteiger partial charge on any atom is -0.0880 e. The Morgan fingerprint density at radius 2 is 1.70 bits per heavy atom. The van der Waals surface area contributed by atoms with Gasteiger partial charge in [0.1, 0.15) is 0 Å². The molecule has 0 heterocycles. The summed E-state index contributed by atoms with van der Waals surface area (Å²) in [4.78, 5) is 0. The fourth-order valence-electron chi connectivity index (χ4n) is 8.84. The number of fused-ring (bicyclic) bond motifs is 5. The Kier molecular flexibility index (Phi) is 5.59. The summed E-state index contributed by atoms with van der Waals surface area (Å²) in [5.74, 6) is 6.85. The maximum atomic E-state index is 2.73. The quantitative estimate of drug-likeness (QED) is 0.427. The standard InChI is InChI=1S/C27H46/c1-19(2)9-8-10-20(3)23-14-15-24-22-13-12-21-11-6-7-17-26(21,4)25(22)16-18-27(23,24)5/h7,17,19-25H,6,8-16,18H2,1-5H3/t20-,21-,22-,23+,24-,25-,26-,27+/m0/s1. The lowest BCUT2D eigenvalue weighted by Gasteiger charge is -2.59. The normalized spacial score (nSPS) is 47.4. The van der Waals surface area contributed by atoms with Crippen molar-refractivity contribution in [3.63, 3.8) is 0 Å². The van der Waals surface area contributed by atoms with Crippen molar-refractivity contribution in [2.45, 2.75) is 105 Å². The summed E-state index contributed by atoms with van der Waals surface area (Å²) in [6.07, 6.45) is 21.5. The van der Waals surface area contributed by atoms with Crippen molar-refractivity contribution < 1.29 is 0 Å². The Morgan fingerprint density at radius 3 is 2.48 bits per heavy atom. The molecule has 0 saturated heterocycles. The molecule has 0 heteroatoms. The van der Waals surface area contributed by atoms with E-state index in [1.807, 2.05) is 0 Å².